The highest BCUT2D eigenvalue weighted by atomic mass is 19.1. The van der Waals surface area contributed by atoms with Gasteiger partial charge in [0.2, 0.25) is 0 Å². The molecule has 2 fully saturated rings. The van der Waals surface area contributed by atoms with E-state index in [-0.39, 0.29) is 12.1 Å². The zero-order chi connectivity index (χ0) is 14.9. The van der Waals surface area contributed by atoms with Gasteiger partial charge < -0.3 is 14.4 Å². The number of benzene rings is 1. The average Bonchev–Trinajstić information content (AvgIpc) is 3.09. The van der Waals surface area contributed by atoms with Crippen LogP contribution in [-0.4, -0.2) is 42.6 Å². The van der Waals surface area contributed by atoms with Crippen LogP contribution in [0, 0.1) is 11.7 Å². The number of halogens is 1. The highest BCUT2D eigenvalue weighted by molar-refractivity contribution is 5.89. The second kappa shape index (κ2) is 5.78. The lowest BCUT2D eigenvalue weighted by Crippen LogP contribution is -2.41. The molecule has 0 unspecified atom stereocenters. The molecule has 2 aliphatic heterocycles. The van der Waals surface area contributed by atoms with Crippen LogP contribution < -0.4 is 4.90 Å². The predicted molar refractivity (Wildman–Crippen MR) is 80.1 cm³/mol. The number of hydrogen-bond donors (Lipinski definition) is 0. The standard InChI is InChI=1S/C16H18FN3O2/c17-12-3-4-14-13(8-12)15(19-10-18-14)20-5-1-2-11(9-20)16-21-6-7-22-16/h3-4,8,10-11,16H,1-2,5-7,9H2/t11-/m0/s1. The number of nitrogens with zero attached hydrogens (tertiary/aromatic N) is 3. The fourth-order valence-corrected chi connectivity index (χ4v) is 3.34. The number of ether oxygens (including phenoxy) is 2. The molecule has 0 bridgehead atoms. The van der Waals surface area contributed by atoms with Crippen molar-refractivity contribution in [2.24, 2.45) is 5.92 Å². The minimum Gasteiger partial charge on any atom is -0.356 e. The quantitative estimate of drug-likeness (QED) is 0.852. The highest BCUT2D eigenvalue weighted by Crippen LogP contribution is 2.30. The van der Waals surface area contributed by atoms with Crippen molar-refractivity contribution in [1.29, 1.82) is 0 Å². The summed E-state index contributed by atoms with van der Waals surface area (Å²) < 4.78 is 24.9. The first-order valence-electron chi connectivity index (χ1n) is 7.70. The van der Waals surface area contributed by atoms with Gasteiger partial charge in [0.1, 0.15) is 18.0 Å². The fourth-order valence-electron chi connectivity index (χ4n) is 3.34. The van der Waals surface area contributed by atoms with Crippen LogP contribution in [0.4, 0.5) is 10.2 Å². The minimum atomic E-state index is -0.264. The van der Waals surface area contributed by atoms with Crippen molar-refractivity contribution < 1.29 is 13.9 Å². The molecule has 22 heavy (non-hydrogen) atoms. The van der Waals surface area contributed by atoms with Gasteiger partial charge in [0.25, 0.3) is 0 Å². The van der Waals surface area contributed by atoms with E-state index < -0.39 is 0 Å². The van der Waals surface area contributed by atoms with Crippen LogP contribution in [0.15, 0.2) is 24.5 Å². The Balaban J connectivity index is 1.64. The van der Waals surface area contributed by atoms with Gasteiger partial charge in [-0.1, -0.05) is 0 Å². The Labute approximate surface area is 128 Å². The molecule has 2 aromatic rings. The van der Waals surface area contributed by atoms with Crippen molar-refractivity contribution in [2.45, 2.75) is 19.1 Å². The monoisotopic (exact) mass is 303 g/mol. The van der Waals surface area contributed by atoms with Gasteiger partial charge in [-0.05, 0) is 31.0 Å². The van der Waals surface area contributed by atoms with Crippen LogP contribution in [0.25, 0.3) is 10.9 Å². The molecule has 2 saturated heterocycles. The molecule has 0 aliphatic carbocycles. The lowest BCUT2D eigenvalue weighted by Gasteiger charge is -2.35. The molecular weight excluding hydrogens is 285 g/mol. The Hall–Kier alpha value is -1.79. The summed E-state index contributed by atoms with van der Waals surface area (Å²) in [5.74, 6) is 0.863. The zero-order valence-corrected chi connectivity index (χ0v) is 12.2. The third-order valence-corrected chi connectivity index (χ3v) is 4.37. The third-order valence-electron chi connectivity index (χ3n) is 4.37. The van der Waals surface area contributed by atoms with Gasteiger partial charge in [0, 0.05) is 24.4 Å². The van der Waals surface area contributed by atoms with Crippen molar-refractivity contribution in [2.75, 3.05) is 31.2 Å². The molecule has 1 atom stereocenters. The van der Waals surface area contributed by atoms with Crippen molar-refractivity contribution in [3.05, 3.63) is 30.3 Å². The lowest BCUT2D eigenvalue weighted by atomic mass is 9.97. The van der Waals surface area contributed by atoms with E-state index in [2.05, 4.69) is 14.9 Å². The maximum atomic E-state index is 13.6. The summed E-state index contributed by atoms with van der Waals surface area (Å²) in [5, 5.41) is 0.761. The van der Waals surface area contributed by atoms with E-state index in [1.54, 1.807) is 12.4 Å². The van der Waals surface area contributed by atoms with Crippen LogP contribution in [0.1, 0.15) is 12.8 Å². The molecule has 0 saturated carbocycles. The summed E-state index contributed by atoms with van der Waals surface area (Å²) >= 11 is 0. The van der Waals surface area contributed by atoms with Crippen LogP contribution >= 0.6 is 0 Å². The van der Waals surface area contributed by atoms with Crippen molar-refractivity contribution in [3.63, 3.8) is 0 Å². The average molecular weight is 303 g/mol. The Morgan fingerprint density at radius 1 is 1.18 bits per heavy atom. The lowest BCUT2D eigenvalue weighted by molar-refractivity contribution is -0.0858. The fraction of sp³-hybridized carbons (Fsp3) is 0.500. The van der Waals surface area contributed by atoms with E-state index in [9.17, 15) is 4.39 Å². The molecule has 2 aliphatic rings. The summed E-state index contributed by atoms with van der Waals surface area (Å²) in [4.78, 5) is 10.8. The zero-order valence-electron chi connectivity index (χ0n) is 12.2. The molecule has 0 spiro atoms. The van der Waals surface area contributed by atoms with Gasteiger partial charge >= 0.3 is 0 Å². The number of aromatic nitrogens is 2. The summed E-state index contributed by atoms with van der Waals surface area (Å²) in [6.07, 6.45) is 3.56. The van der Waals surface area contributed by atoms with Crippen molar-refractivity contribution >= 4 is 16.7 Å². The van der Waals surface area contributed by atoms with E-state index in [1.807, 2.05) is 0 Å². The first-order valence-corrected chi connectivity index (χ1v) is 7.70. The molecule has 3 heterocycles. The summed E-state index contributed by atoms with van der Waals surface area (Å²) in [6, 6.07) is 4.63. The maximum absolute atomic E-state index is 13.6. The molecule has 1 aromatic carbocycles. The summed E-state index contributed by atoms with van der Waals surface area (Å²) in [6.45, 7) is 3.06. The number of anilines is 1. The van der Waals surface area contributed by atoms with Gasteiger partial charge in [-0.15, -0.1) is 0 Å². The van der Waals surface area contributed by atoms with E-state index >= 15 is 0 Å². The highest BCUT2D eigenvalue weighted by Gasteiger charge is 2.32. The van der Waals surface area contributed by atoms with E-state index in [1.165, 1.54) is 12.1 Å². The van der Waals surface area contributed by atoms with Gasteiger partial charge in [-0.25, -0.2) is 14.4 Å². The molecule has 0 amide bonds. The first-order chi connectivity index (χ1) is 10.8. The molecule has 4 rings (SSSR count). The topological polar surface area (TPSA) is 47.5 Å². The van der Waals surface area contributed by atoms with E-state index in [4.69, 9.17) is 9.47 Å². The predicted octanol–water partition coefficient (Wildman–Crippen LogP) is 2.36. The Bertz CT molecular complexity index is 675. The Morgan fingerprint density at radius 3 is 2.91 bits per heavy atom. The van der Waals surface area contributed by atoms with Crippen LogP contribution in [0.3, 0.4) is 0 Å². The third kappa shape index (κ3) is 2.53. The smallest absolute Gasteiger partial charge is 0.162 e. The van der Waals surface area contributed by atoms with Gasteiger partial charge in [0.15, 0.2) is 6.29 Å². The summed E-state index contributed by atoms with van der Waals surface area (Å²) in [5.41, 5.74) is 0.766. The van der Waals surface area contributed by atoms with Crippen LogP contribution in [-0.2, 0) is 9.47 Å². The Kier molecular flexibility index (Phi) is 3.63. The number of hydrogen-bond acceptors (Lipinski definition) is 5. The molecule has 6 heteroatoms. The first kappa shape index (κ1) is 13.8. The van der Waals surface area contributed by atoms with Gasteiger partial charge in [-0.2, -0.15) is 0 Å². The normalized spacial score (nSPS) is 23.3. The molecule has 116 valence electrons. The summed E-state index contributed by atoms with van der Waals surface area (Å²) in [7, 11) is 0. The molecule has 1 aromatic heterocycles. The molecular formula is C16H18FN3O2. The van der Waals surface area contributed by atoms with E-state index in [0.29, 0.717) is 19.1 Å². The van der Waals surface area contributed by atoms with E-state index in [0.717, 1.165) is 42.7 Å². The van der Waals surface area contributed by atoms with Gasteiger partial charge in [-0.3, -0.25) is 0 Å². The SMILES string of the molecule is Fc1ccc2ncnc(N3CCC[C@H](C4OCCO4)C3)c2c1. The largest absolute Gasteiger partial charge is 0.356 e. The second-order valence-electron chi connectivity index (χ2n) is 5.82. The maximum Gasteiger partial charge on any atom is 0.162 e. The minimum absolute atomic E-state index is 0.118. The molecule has 5 nitrogen and oxygen atoms in total. The van der Waals surface area contributed by atoms with Crippen LogP contribution in [0.5, 0.6) is 0 Å². The molecule has 0 radical (unpaired) electrons. The van der Waals surface area contributed by atoms with Crippen molar-refractivity contribution in [1.82, 2.24) is 9.97 Å². The second-order valence-corrected chi connectivity index (χ2v) is 5.82. The van der Waals surface area contributed by atoms with Gasteiger partial charge in [0.05, 0.1) is 18.7 Å². The molecule has 0 N–H and O–H groups in total. The number of piperidine rings is 1. The Morgan fingerprint density at radius 2 is 2.05 bits per heavy atom. The number of rotatable bonds is 2. The number of fused-ring (bicyclic) bond motifs is 1. The van der Waals surface area contributed by atoms with Crippen molar-refractivity contribution in [3.8, 4) is 0 Å². The van der Waals surface area contributed by atoms with Crippen LogP contribution in [0.2, 0.25) is 0 Å².